The second kappa shape index (κ2) is 8.14. The number of amides is 2. The van der Waals surface area contributed by atoms with Crippen LogP contribution in [0.4, 0.5) is 0 Å². The van der Waals surface area contributed by atoms with E-state index in [0.717, 1.165) is 48.1 Å². The first-order valence-corrected chi connectivity index (χ1v) is 11.7. The lowest BCUT2D eigenvalue weighted by atomic mass is 9.53. The lowest BCUT2D eigenvalue weighted by Gasteiger charge is -2.57. The van der Waals surface area contributed by atoms with Gasteiger partial charge in [0.15, 0.2) is 0 Å². The van der Waals surface area contributed by atoms with Gasteiger partial charge in [0, 0.05) is 5.54 Å². The highest BCUT2D eigenvalue weighted by atomic mass is 16.2. The minimum absolute atomic E-state index is 0.0386. The van der Waals surface area contributed by atoms with Gasteiger partial charge < -0.3 is 10.6 Å². The number of hydrogen-bond acceptors (Lipinski definition) is 2. The summed E-state index contributed by atoms with van der Waals surface area (Å²) in [6.07, 6.45) is 7.37. The Kier molecular flexibility index (Phi) is 5.33. The first-order chi connectivity index (χ1) is 15.0. The maximum absolute atomic E-state index is 13.3. The van der Waals surface area contributed by atoms with Crippen LogP contribution >= 0.6 is 0 Å². The van der Waals surface area contributed by atoms with Crippen LogP contribution < -0.4 is 10.6 Å². The Labute approximate surface area is 184 Å². The smallest absolute Gasteiger partial charge is 0.242 e. The topological polar surface area (TPSA) is 58.2 Å². The van der Waals surface area contributed by atoms with Crippen LogP contribution in [0.15, 0.2) is 60.7 Å². The van der Waals surface area contributed by atoms with Crippen LogP contribution in [0.2, 0.25) is 0 Å². The van der Waals surface area contributed by atoms with Crippen LogP contribution in [0.25, 0.3) is 0 Å². The number of hydrogen-bond donors (Lipinski definition) is 2. The lowest BCUT2D eigenvalue weighted by molar-refractivity contribution is -0.132. The Hall–Kier alpha value is -2.62. The molecule has 4 nitrogen and oxygen atoms in total. The molecule has 2 N–H and O–H groups in total. The van der Waals surface area contributed by atoms with E-state index < -0.39 is 12.0 Å². The molecular formula is C27H32N2O2. The zero-order valence-corrected chi connectivity index (χ0v) is 18.2. The van der Waals surface area contributed by atoms with Gasteiger partial charge in [0.05, 0.1) is 5.92 Å². The molecule has 162 valence electrons. The van der Waals surface area contributed by atoms with E-state index in [9.17, 15) is 9.59 Å². The van der Waals surface area contributed by atoms with Crippen molar-refractivity contribution in [1.29, 1.82) is 0 Å². The molecule has 4 aliphatic rings. The Morgan fingerprint density at radius 2 is 1.23 bits per heavy atom. The maximum atomic E-state index is 13.3. The van der Waals surface area contributed by atoms with Gasteiger partial charge in [0.25, 0.3) is 0 Å². The lowest BCUT2D eigenvalue weighted by Crippen LogP contribution is -2.62. The Bertz CT molecular complexity index is 865. The molecular weight excluding hydrogens is 384 g/mol. The summed E-state index contributed by atoms with van der Waals surface area (Å²) in [7, 11) is 0. The van der Waals surface area contributed by atoms with E-state index in [1.807, 2.05) is 60.7 Å². The van der Waals surface area contributed by atoms with E-state index in [1.165, 1.54) is 19.3 Å². The molecule has 2 amide bonds. The van der Waals surface area contributed by atoms with Crippen LogP contribution in [0.3, 0.4) is 0 Å². The number of carbonyl (C=O) groups is 2. The van der Waals surface area contributed by atoms with Crippen molar-refractivity contribution >= 4 is 11.8 Å². The van der Waals surface area contributed by atoms with Crippen LogP contribution in [0, 0.1) is 17.8 Å². The second-order valence-electron chi connectivity index (χ2n) is 10.2. The summed E-state index contributed by atoms with van der Waals surface area (Å²) < 4.78 is 0. The average Bonchev–Trinajstić information content (AvgIpc) is 2.74. The molecule has 0 radical (unpaired) electrons. The van der Waals surface area contributed by atoms with Crippen molar-refractivity contribution in [2.45, 2.75) is 62.9 Å². The SMILES string of the molecule is CC(NC(=O)C(c1ccccc1)c1ccccc1)C(=O)NC12CC3CC(CC(C3)C1)C2. The predicted octanol–water partition coefficient (Wildman–Crippen LogP) is 4.41. The summed E-state index contributed by atoms with van der Waals surface area (Å²) in [5.41, 5.74) is 1.82. The van der Waals surface area contributed by atoms with Crippen LogP contribution in [-0.2, 0) is 9.59 Å². The van der Waals surface area contributed by atoms with Gasteiger partial charge in [0.1, 0.15) is 6.04 Å². The van der Waals surface area contributed by atoms with Gasteiger partial charge in [-0.25, -0.2) is 0 Å². The van der Waals surface area contributed by atoms with Crippen molar-refractivity contribution in [2.75, 3.05) is 0 Å². The molecule has 4 bridgehead atoms. The summed E-state index contributed by atoms with van der Waals surface area (Å²) >= 11 is 0. The van der Waals surface area contributed by atoms with Crippen molar-refractivity contribution in [3.8, 4) is 0 Å². The van der Waals surface area contributed by atoms with E-state index in [1.54, 1.807) is 6.92 Å². The van der Waals surface area contributed by atoms with Crippen LogP contribution in [-0.4, -0.2) is 23.4 Å². The molecule has 0 saturated heterocycles. The standard InChI is InChI=1S/C27H32N2O2/c1-18(25(30)29-27-15-19-12-20(16-27)14-21(13-19)17-27)28-26(31)24(22-8-4-2-5-9-22)23-10-6-3-7-11-23/h2-11,18-21,24H,12-17H2,1H3,(H,28,31)(H,29,30). The third-order valence-electron chi connectivity index (χ3n) is 7.71. The van der Waals surface area contributed by atoms with Crippen molar-refractivity contribution in [1.82, 2.24) is 10.6 Å². The van der Waals surface area contributed by atoms with Crippen LogP contribution in [0.1, 0.15) is 62.5 Å². The maximum Gasteiger partial charge on any atom is 0.242 e. The Morgan fingerprint density at radius 3 is 1.68 bits per heavy atom. The summed E-state index contributed by atoms with van der Waals surface area (Å²) in [4.78, 5) is 26.5. The molecule has 4 aliphatic carbocycles. The fourth-order valence-corrected chi connectivity index (χ4v) is 6.78. The third kappa shape index (κ3) is 4.13. The highest BCUT2D eigenvalue weighted by molar-refractivity contribution is 5.92. The second-order valence-corrected chi connectivity index (χ2v) is 10.2. The molecule has 0 heterocycles. The first kappa shape index (κ1) is 20.3. The predicted molar refractivity (Wildman–Crippen MR) is 121 cm³/mol. The van der Waals surface area contributed by atoms with E-state index in [0.29, 0.717) is 0 Å². The fourth-order valence-electron chi connectivity index (χ4n) is 6.78. The summed E-state index contributed by atoms with van der Waals surface area (Å²) in [6, 6.07) is 19.0. The monoisotopic (exact) mass is 416 g/mol. The first-order valence-electron chi connectivity index (χ1n) is 11.7. The number of nitrogens with one attached hydrogen (secondary N) is 2. The largest absolute Gasteiger partial charge is 0.349 e. The molecule has 4 heteroatoms. The number of carbonyl (C=O) groups excluding carboxylic acids is 2. The summed E-state index contributed by atoms with van der Waals surface area (Å²) in [5, 5.41) is 6.40. The van der Waals surface area contributed by atoms with E-state index in [-0.39, 0.29) is 17.4 Å². The van der Waals surface area contributed by atoms with Crippen LogP contribution in [0.5, 0.6) is 0 Å². The minimum atomic E-state index is -0.560. The van der Waals surface area contributed by atoms with E-state index in [4.69, 9.17) is 0 Å². The van der Waals surface area contributed by atoms with Crippen molar-refractivity contribution < 1.29 is 9.59 Å². The number of rotatable bonds is 6. The minimum Gasteiger partial charge on any atom is -0.349 e. The van der Waals surface area contributed by atoms with E-state index >= 15 is 0 Å². The fraction of sp³-hybridized carbons (Fsp3) is 0.481. The molecule has 31 heavy (non-hydrogen) atoms. The highest BCUT2D eigenvalue weighted by Crippen LogP contribution is 2.55. The van der Waals surface area contributed by atoms with Crippen molar-refractivity contribution in [3.05, 3.63) is 71.8 Å². The average molecular weight is 417 g/mol. The Morgan fingerprint density at radius 1 is 0.774 bits per heavy atom. The highest BCUT2D eigenvalue weighted by Gasteiger charge is 2.51. The molecule has 6 rings (SSSR count). The summed E-state index contributed by atoms with van der Waals surface area (Å²) in [5.74, 6) is 1.71. The molecule has 2 aromatic carbocycles. The van der Waals surface area contributed by atoms with E-state index in [2.05, 4.69) is 10.6 Å². The normalized spacial score (nSPS) is 29.5. The zero-order valence-electron chi connectivity index (χ0n) is 18.2. The van der Waals surface area contributed by atoms with Crippen molar-refractivity contribution in [3.63, 3.8) is 0 Å². The zero-order chi connectivity index (χ0) is 21.4. The van der Waals surface area contributed by atoms with Gasteiger partial charge >= 0.3 is 0 Å². The van der Waals surface area contributed by atoms with Crippen molar-refractivity contribution in [2.24, 2.45) is 17.8 Å². The molecule has 4 saturated carbocycles. The van der Waals surface area contributed by atoms with Gasteiger partial charge in [0.2, 0.25) is 11.8 Å². The quantitative estimate of drug-likeness (QED) is 0.733. The van der Waals surface area contributed by atoms with Gasteiger partial charge in [-0.15, -0.1) is 0 Å². The molecule has 2 aromatic rings. The number of benzene rings is 2. The summed E-state index contributed by atoms with van der Waals surface area (Å²) in [6.45, 7) is 1.81. The molecule has 4 fully saturated rings. The Balaban J connectivity index is 1.29. The third-order valence-corrected chi connectivity index (χ3v) is 7.71. The van der Waals surface area contributed by atoms with Gasteiger partial charge in [-0.2, -0.15) is 0 Å². The molecule has 1 atom stereocenters. The molecule has 0 aliphatic heterocycles. The van der Waals surface area contributed by atoms with Gasteiger partial charge in [-0.3, -0.25) is 9.59 Å². The van der Waals surface area contributed by atoms with Gasteiger partial charge in [-0.05, 0) is 74.3 Å². The molecule has 0 spiro atoms. The van der Waals surface area contributed by atoms with Gasteiger partial charge in [-0.1, -0.05) is 60.7 Å². The molecule has 0 aromatic heterocycles. The molecule has 1 unspecified atom stereocenters.